The third-order valence-corrected chi connectivity index (χ3v) is 4.63. The van der Waals surface area contributed by atoms with Crippen molar-refractivity contribution in [1.29, 1.82) is 0 Å². The molecule has 2 aromatic rings. The highest BCUT2D eigenvalue weighted by Crippen LogP contribution is 2.22. The number of carboxylic acids is 1. The number of aromatic carboxylic acids is 1. The summed E-state index contributed by atoms with van der Waals surface area (Å²) < 4.78 is 32.0. The average Bonchev–Trinajstić information content (AvgIpc) is 2.91. The molecule has 0 aliphatic rings. The summed E-state index contributed by atoms with van der Waals surface area (Å²) >= 11 is 5.77. The number of hydrogen-bond donors (Lipinski definition) is 2. The molecular weight excluding hydrogens is 318 g/mol. The Morgan fingerprint density at radius 2 is 2.10 bits per heavy atom. The normalized spacial score (nSPS) is 13.0. The van der Waals surface area contributed by atoms with E-state index in [2.05, 4.69) is 4.72 Å². The predicted octanol–water partition coefficient (Wildman–Crippen LogP) is 2.67. The van der Waals surface area contributed by atoms with Crippen LogP contribution in [0.1, 0.15) is 29.1 Å². The highest BCUT2D eigenvalue weighted by molar-refractivity contribution is 7.89. The van der Waals surface area contributed by atoms with E-state index in [4.69, 9.17) is 21.1 Å². The molecule has 0 saturated heterocycles. The van der Waals surface area contributed by atoms with Gasteiger partial charge in [-0.1, -0.05) is 11.6 Å². The lowest BCUT2D eigenvalue weighted by Gasteiger charge is -2.12. The largest absolute Gasteiger partial charge is 0.478 e. The summed E-state index contributed by atoms with van der Waals surface area (Å²) in [6.45, 7) is 1.63. The second-order valence-corrected chi connectivity index (χ2v) is 6.43. The lowest BCUT2D eigenvalue weighted by atomic mass is 10.2. The van der Waals surface area contributed by atoms with Crippen LogP contribution in [-0.2, 0) is 10.0 Å². The van der Waals surface area contributed by atoms with Crippen molar-refractivity contribution in [3.63, 3.8) is 0 Å². The lowest BCUT2D eigenvalue weighted by Crippen LogP contribution is -2.26. The Morgan fingerprint density at radius 1 is 1.38 bits per heavy atom. The molecule has 21 heavy (non-hydrogen) atoms. The van der Waals surface area contributed by atoms with Crippen molar-refractivity contribution in [3.8, 4) is 0 Å². The second kappa shape index (κ2) is 5.88. The molecular formula is C13H12ClNO5S. The topological polar surface area (TPSA) is 96.6 Å². The Bertz CT molecular complexity index is 755. The molecule has 0 aliphatic carbocycles. The number of furan rings is 1. The van der Waals surface area contributed by atoms with Crippen LogP contribution in [0.4, 0.5) is 0 Å². The van der Waals surface area contributed by atoms with Gasteiger partial charge in [0.15, 0.2) is 0 Å². The molecule has 2 rings (SSSR count). The second-order valence-electron chi connectivity index (χ2n) is 4.31. The Labute approximate surface area is 126 Å². The number of benzene rings is 1. The maximum Gasteiger partial charge on any atom is 0.337 e. The molecule has 1 unspecified atom stereocenters. The van der Waals surface area contributed by atoms with Gasteiger partial charge in [-0.25, -0.2) is 17.9 Å². The van der Waals surface area contributed by atoms with E-state index in [1.165, 1.54) is 12.3 Å². The minimum absolute atomic E-state index is 0.115. The number of nitrogens with one attached hydrogen (secondary N) is 1. The minimum atomic E-state index is -3.84. The fourth-order valence-corrected chi connectivity index (χ4v) is 3.30. The Hall–Kier alpha value is -1.83. The fourth-order valence-electron chi connectivity index (χ4n) is 1.73. The molecule has 1 atom stereocenters. The Kier molecular flexibility index (Phi) is 4.36. The van der Waals surface area contributed by atoms with E-state index in [-0.39, 0.29) is 15.5 Å². The van der Waals surface area contributed by atoms with Crippen molar-refractivity contribution in [2.45, 2.75) is 17.9 Å². The molecule has 2 N–H and O–H groups in total. The van der Waals surface area contributed by atoms with Gasteiger partial charge in [-0.3, -0.25) is 0 Å². The van der Waals surface area contributed by atoms with Gasteiger partial charge in [0.1, 0.15) is 5.76 Å². The lowest BCUT2D eigenvalue weighted by molar-refractivity contribution is 0.0697. The minimum Gasteiger partial charge on any atom is -0.478 e. The number of rotatable bonds is 5. The van der Waals surface area contributed by atoms with Crippen molar-refractivity contribution >= 4 is 27.6 Å². The van der Waals surface area contributed by atoms with Gasteiger partial charge in [0.2, 0.25) is 10.0 Å². The van der Waals surface area contributed by atoms with E-state index < -0.39 is 22.0 Å². The first-order valence-corrected chi connectivity index (χ1v) is 7.76. The molecule has 1 aromatic heterocycles. The van der Waals surface area contributed by atoms with E-state index >= 15 is 0 Å². The molecule has 0 aliphatic heterocycles. The van der Waals surface area contributed by atoms with Gasteiger partial charge in [-0.2, -0.15) is 0 Å². The quantitative estimate of drug-likeness (QED) is 0.879. The van der Waals surface area contributed by atoms with Crippen LogP contribution in [0.15, 0.2) is 45.9 Å². The molecule has 1 heterocycles. The van der Waals surface area contributed by atoms with E-state index in [0.717, 1.165) is 12.1 Å². The fraction of sp³-hybridized carbons (Fsp3) is 0.154. The van der Waals surface area contributed by atoms with Gasteiger partial charge in [-0.05, 0) is 37.3 Å². The van der Waals surface area contributed by atoms with Crippen LogP contribution in [0.2, 0.25) is 5.02 Å². The summed E-state index contributed by atoms with van der Waals surface area (Å²) in [4.78, 5) is 10.7. The van der Waals surface area contributed by atoms with E-state index in [1.807, 2.05) is 0 Å². The highest BCUT2D eigenvalue weighted by Gasteiger charge is 2.21. The van der Waals surface area contributed by atoms with Crippen LogP contribution in [0.3, 0.4) is 0 Å². The molecule has 1 aromatic carbocycles. The van der Waals surface area contributed by atoms with Crippen LogP contribution >= 0.6 is 11.6 Å². The smallest absolute Gasteiger partial charge is 0.337 e. The molecule has 0 spiro atoms. The first-order chi connectivity index (χ1) is 9.81. The number of carboxylic acid groups (broad SMARTS) is 1. The van der Waals surface area contributed by atoms with Gasteiger partial charge in [-0.15, -0.1) is 0 Å². The maximum absolute atomic E-state index is 12.2. The number of halogens is 1. The first kappa shape index (κ1) is 15.6. The van der Waals surface area contributed by atoms with E-state index in [0.29, 0.717) is 5.76 Å². The van der Waals surface area contributed by atoms with Crippen LogP contribution < -0.4 is 4.72 Å². The Balaban J connectivity index is 2.28. The molecule has 8 heteroatoms. The van der Waals surface area contributed by atoms with Crippen LogP contribution in [0.5, 0.6) is 0 Å². The molecule has 112 valence electrons. The zero-order valence-corrected chi connectivity index (χ0v) is 12.5. The monoisotopic (exact) mass is 329 g/mol. The summed E-state index contributed by atoms with van der Waals surface area (Å²) in [6.07, 6.45) is 1.44. The summed E-state index contributed by atoms with van der Waals surface area (Å²) in [7, 11) is -3.84. The number of hydrogen-bond acceptors (Lipinski definition) is 4. The zero-order valence-electron chi connectivity index (χ0n) is 10.9. The van der Waals surface area contributed by atoms with Crippen molar-refractivity contribution in [2.24, 2.45) is 0 Å². The van der Waals surface area contributed by atoms with Crippen LogP contribution in [0.25, 0.3) is 0 Å². The van der Waals surface area contributed by atoms with Gasteiger partial charge in [0.25, 0.3) is 0 Å². The predicted molar refractivity (Wildman–Crippen MR) is 75.9 cm³/mol. The van der Waals surface area contributed by atoms with Crippen LogP contribution in [-0.4, -0.2) is 19.5 Å². The highest BCUT2D eigenvalue weighted by atomic mass is 35.5. The molecule has 0 fully saturated rings. The van der Waals surface area contributed by atoms with Gasteiger partial charge < -0.3 is 9.52 Å². The van der Waals surface area contributed by atoms with Crippen LogP contribution in [0, 0.1) is 0 Å². The SMILES string of the molecule is CC(NS(=O)(=O)c1ccc(C(=O)O)c(Cl)c1)c1ccco1. The Morgan fingerprint density at radius 3 is 2.62 bits per heavy atom. The van der Waals surface area contributed by atoms with Crippen molar-refractivity contribution in [3.05, 3.63) is 52.9 Å². The summed E-state index contributed by atoms with van der Waals surface area (Å²) in [6, 6.07) is 6.17. The summed E-state index contributed by atoms with van der Waals surface area (Å²) in [5.41, 5.74) is -0.158. The first-order valence-electron chi connectivity index (χ1n) is 5.90. The number of sulfonamides is 1. The van der Waals surface area contributed by atoms with Crippen molar-refractivity contribution in [2.75, 3.05) is 0 Å². The van der Waals surface area contributed by atoms with Crippen molar-refractivity contribution in [1.82, 2.24) is 4.72 Å². The van der Waals surface area contributed by atoms with E-state index in [1.54, 1.807) is 19.1 Å². The zero-order chi connectivity index (χ0) is 15.6. The molecule has 0 radical (unpaired) electrons. The third-order valence-electron chi connectivity index (χ3n) is 2.78. The summed E-state index contributed by atoms with van der Waals surface area (Å²) in [5.74, 6) is -0.757. The molecule has 0 saturated carbocycles. The van der Waals surface area contributed by atoms with E-state index in [9.17, 15) is 13.2 Å². The molecule has 0 bridgehead atoms. The maximum atomic E-state index is 12.2. The van der Waals surface area contributed by atoms with Gasteiger partial charge >= 0.3 is 5.97 Å². The number of carbonyl (C=O) groups is 1. The van der Waals surface area contributed by atoms with Crippen molar-refractivity contribution < 1.29 is 22.7 Å². The standard InChI is InChI=1S/C13H12ClNO5S/c1-8(12-3-2-6-20-12)15-21(18,19)9-4-5-10(13(16)17)11(14)7-9/h2-8,15H,1H3,(H,16,17). The van der Waals surface area contributed by atoms with Gasteiger partial charge in [0, 0.05) is 0 Å². The summed E-state index contributed by atoms with van der Waals surface area (Å²) in [5, 5.41) is 8.73. The average molecular weight is 330 g/mol. The molecule has 0 amide bonds. The molecule has 6 nitrogen and oxygen atoms in total. The van der Waals surface area contributed by atoms with Gasteiger partial charge in [0.05, 0.1) is 27.8 Å². The third kappa shape index (κ3) is 3.44.